The largest absolute Gasteiger partial charge is 0.276 e. The van der Waals surface area contributed by atoms with E-state index in [0.29, 0.717) is 22.8 Å². The Morgan fingerprint density at radius 2 is 1.18 bits per heavy atom. The standard InChI is InChI=1S/C9Br4N2O2/c10-4-2-3(5(11)7(13)6(4)12)9(17)15(1-14)8(2)16. The Labute approximate surface area is 129 Å². The predicted octanol–water partition coefficient (Wildman–Crippen LogP) is 3.81. The third-order valence-electron chi connectivity index (χ3n) is 2.20. The monoisotopic (exact) mass is 484 g/mol. The number of rotatable bonds is 0. The minimum atomic E-state index is -0.631. The smallest absolute Gasteiger partial charge is 0.267 e. The second-order valence-electron chi connectivity index (χ2n) is 3.05. The number of nitrogens with zero attached hydrogens (tertiary/aromatic N) is 2. The first kappa shape index (κ1) is 13.2. The van der Waals surface area contributed by atoms with Crippen LogP contribution in [0.5, 0.6) is 0 Å². The van der Waals surface area contributed by atoms with Crippen LogP contribution in [0.25, 0.3) is 0 Å². The molecule has 1 heterocycles. The van der Waals surface area contributed by atoms with Crippen molar-refractivity contribution in [3.63, 3.8) is 0 Å². The van der Waals surface area contributed by atoms with Crippen LogP contribution in [0.4, 0.5) is 0 Å². The van der Waals surface area contributed by atoms with Crippen LogP contribution in [0.2, 0.25) is 0 Å². The molecule has 2 amide bonds. The maximum atomic E-state index is 11.9. The Kier molecular flexibility index (Phi) is 3.47. The van der Waals surface area contributed by atoms with Gasteiger partial charge in [0.25, 0.3) is 11.8 Å². The van der Waals surface area contributed by atoms with E-state index < -0.39 is 11.8 Å². The maximum absolute atomic E-state index is 11.9. The molecule has 1 aromatic carbocycles. The summed E-state index contributed by atoms with van der Waals surface area (Å²) in [5.41, 5.74) is 0.358. The molecule has 0 saturated carbocycles. The van der Waals surface area contributed by atoms with Crippen LogP contribution in [0.15, 0.2) is 17.9 Å². The lowest BCUT2D eigenvalue weighted by atomic mass is 10.1. The third kappa shape index (κ3) is 1.71. The summed E-state index contributed by atoms with van der Waals surface area (Å²) in [6.45, 7) is 0. The second kappa shape index (κ2) is 4.46. The maximum Gasteiger partial charge on any atom is 0.276 e. The molecule has 8 heteroatoms. The Bertz CT molecular complexity index is 574. The van der Waals surface area contributed by atoms with Crippen molar-refractivity contribution in [3.05, 3.63) is 29.0 Å². The number of halogens is 4. The summed E-state index contributed by atoms with van der Waals surface area (Å²) < 4.78 is 2.09. The Balaban J connectivity index is 2.90. The van der Waals surface area contributed by atoms with Crippen molar-refractivity contribution in [2.75, 3.05) is 0 Å². The first-order chi connectivity index (χ1) is 7.91. The lowest BCUT2D eigenvalue weighted by molar-refractivity contribution is 0.0732. The average molecular weight is 488 g/mol. The molecule has 0 aliphatic carbocycles. The van der Waals surface area contributed by atoms with Gasteiger partial charge in [-0.1, -0.05) is 0 Å². The van der Waals surface area contributed by atoms with Crippen LogP contribution >= 0.6 is 63.7 Å². The van der Waals surface area contributed by atoms with Crippen LogP contribution in [-0.2, 0) is 0 Å². The van der Waals surface area contributed by atoms with Gasteiger partial charge < -0.3 is 0 Å². The number of imide groups is 1. The van der Waals surface area contributed by atoms with Gasteiger partial charge in [0.15, 0.2) is 6.19 Å². The molecule has 0 saturated heterocycles. The van der Waals surface area contributed by atoms with Crippen LogP contribution < -0.4 is 0 Å². The minimum Gasteiger partial charge on any atom is -0.267 e. The molecule has 17 heavy (non-hydrogen) atoms. The molecule has 0 aromatic heterocycles. The molecule has 1 aliphatic heterocycles. The van der Waals surface area contributed by atoms with Crippen LogP contribution in [0.3, 0.4) is 0 Å². The van der Waals surface area contributed by atoms with E-state index in [2.05, 4.69) is 63.7 Å². The summed E-state index contributed by atoms with van der Waals surface area (Å²) in [6.07, 6.45) is 1.57. The van der Waals surface area contributed by atoms with Crippen molar-refractivity contribution in [1.29, 1.82) is 5.26 Å². The van der Waals surface area contributed by atoms with Crippen molar-refractivity contribution in [1.82, 2.24) is 4.90 Å². The Hall–Kier alpha value is -0.230. The van der Waals surface area contributed by atoms with Crippen molar-refractivity contribution >= 4 is 75.5 Å². The van der Waals surface area contributed by atoms with Gasteiger partial charge in [0.1, 0.15) is 0 Å². The van der Waals surface area contributed by atoms with E-state index >= 15 is 0 Å². The van der Waals surface area contributed by atoms with Crippen LogP contribution in [0.1, 0.15) is 20.7 Å². The highest BCUT2D eigenvalue weighted by molar-refractivity contribution is 9.15. The molecule has 4 nitrogen and oxygen atoms in total. The SMILES string of the molecule is N#CN1C(=O)c2c(Br)c(Br)c(Br)c(Br)c2C1=O. The Morgan fingerprint density at radius 1 is 0.824 bits per heavy atom. The van der Waals surface area contributed by atoms with E-state index in [0.717, 1.165) is 0 Å². The summed E-state index contributed by atoms with van der Waals surface area (Å²) in [5.74, 6) is -1.26. The summed E-state index contributed by atoms with van der Waals surface area (Å²) >= 11 is 13.0. The number of nitriles is 1. The van der Waals surface area contributed by atoms with E-state index in [1.54, 1.807) is 6.19 Å². The number of amides is 2. The first-order valence-electron chi connectivity index (χ1n) is 4.06. The molecule has 0 unspecified atom stereocenters. The van der Waals surface area contributed by atoms with Gasteiger partial charge in [0.2, 0.25) is 0 Å². The summed E-state index contributed by atoms with van der Waals surface area (Å²) in [6, 6.07) is 0. The molecule has 0 fully saturated rings. The molecular weight excluding hydrogens is 488 g/mol. The van der Waals surface area contributed by atoms with Crippen molar-refractivity contribution < 1.29 is 9.59 Å². The number of hydrogen-bond acceptors (Lipinski definition) is 3. The first-order valence-corrected chi connectivity index (χ1v) is 7.23. The normalized spacial score (nSPS) is 13.9. The zero-order valence-corrected chi connectivity index (χ0v) is 14.1. The summed E-state index contributed by atoms with van der Waals surface area (Å²) in [7, 11) is 0. The molecule has 1 aliphatic rings. The summed E-state index contributed by atoms with van der Waals surface area (Å²) in [5, 5.41) is 8.78. The van der Waals surface area contributed by atoms with Gasteiger partial charge in [0.05, 0.1) is 11.1 Å². The molecular formula is C9Br4N2O2. The fourth-order valence-electron chi connectivity index (χ4n) is 1.44. The van der Waals surface area contributed by atoms with E-state index in [1.807, 2.05) is 0 Å². The highest BCUT2D eigenvalue weighted by Crippen LogP contribution is 2.45. The van der Waals surface area contributed by atoms with E-state index in [1.165, 1.54) is 0 Å². The molecule has 0 radical (unpaired) electrons. The molecule has 1 aromatic rings. The highest BCUT2D eigenvalue weighted by Gasteiger charge is 2.41. The molecule has 86 valence electrons. The van der Waals surface area contributed by atoms with Gasteiger partial charge >= 0.3 is 0 Å². The predicted molar refractivity (Wildman–Crippen MR) is 73.4 cm³/mol. The number of benzene rings is 1. The molecule has 0 atom stereocenters. The van der Waals surface area contributed by atoms with Crippen molar-refractivity contribution in [3.8, 4) is 6.19 Å². The lowest BCUT2D eigenvalue weighted by Gasteiger charge is -2.07. The van der Waals surface area contributed by atoms with Gasteiger partial charge in [-0.3, -0.25) is 9.59 Å². The summed E-state index contributed by atoms with van der Waals surface area (Å²) in [4.78, 5) is 24.3. The number of hydrogen-bond donors (Lipinski definition) is 0. The van der Waals surface area contributed by atoms with E-state index in [4.69, 9.17) is 5.26 Å². The van der Waals surface area contributed by atoms with Gasteiger partial charge in [-0.05, 0) is 63.7 Å². The molecule has 2 rings (SSSR count). The van der Waals surface area contributed by atoms with E-state index in [9.17, 15) is 9.59 Å². The molecule has 0 spiro atoms. The zero-order chi connectivity index (χ0) is 12.9. The van der Waals surface area contributed by atoms with Crippen LogP contribution in [0, 0.1) is 11.5 Å². The minimum absolute atomic E-state index is 0.179. The highest BCUT2D eigenvalue weighted by atomic mass is 79.9. The van der Waals surface area contributed by atoms with Gasteiger partial charge in [-0.2, -0.15) is 10.2 Å². The zero-order valence-electron chi connectivity index (χ0n) is 7.72. The Morgan fingerprint density at radius 3 is 1.47 bits per heavy atom. The fourth-order valence-corrected chi connectivity index (χ4v) is 3.90. The van der Waals surface area contributed by atoms with E-state index in [-0.39, 0.29) is 11.1 Å². The number of carbonyl (C=O) groups excluding carboxylic acids is 2. The number of fused-ring (bicyclic) bond motifs is 1. The molecule has 0 bridgehead atoms. The molecule has 0 N–H and O–H groups in total. The van der Waals surface area contributed by atoms with Crippen molar-refractivity contribution in [2.24, 2.45) is 0 Å². The third-order valence-corrected chi connectivity index (χ3v) is 6.97. The van der Waals surface area contributed by atoms with Gasteiger partial charge in [0, 0.05) is 17.9 Å². The fraction of sp³-hybridized carbons (Fsp3) is 0. The second-order valence-corrected chi connectivity index (χ2v) is 6.22. The quantitative estimate of drug-likeness (QED) is 0.242. The number of carbonyl (C=O) groups is 2. The lowest BCUT2D eigenvalue weighted by Crippen LogP contribution is -2.23. The van der Waals surface area contributed by atoms with Crippen molar-refractivity contribution in [2.45, 2.75) is 0 Å². The topological polar surface area (TPSA) is 61.2 Å². The van der Waals surface area contributed by atoms with Gasteiger partial charge in [-0.25, -0.2) is 0 Å². The van der Waals surface area contributed by atoms with Gasteiger partial charge in [-0.15, -0.1) is 0 Å². The van der Waals surface area contributed by atoms with Crippen LogP contribution in [-0.4, -0.2) is 16.7 Å². The average Bonchev–Trinajstić information content (AvgIpc) is 2.55.